The van der Waals surface area contributed by atoms with Gasteiger partial charge in [-0.25, -0.2) is 9.79 Å². The molecule has 0 bridgehead atoms. The van der Waals surface area contributed by atoms with Gasteiger partial charge in [0.05, 0.1) is 11.4 Å². The average molecular weight is 447 g/mol. The molecule has 166 valence electrons. The smallest absolute Gasteiger partial charge is 0.328 e. The lowest BCUT2D eigenvalue weighted by atomic mass is 9.94. The quantitative estimate of drug-likeness (QED) is 0.422. The van der Waals surface area contributed by atoms with E-state index in [9.17, 15) is 14.7 Å². The molecule has 1 aliphatic heterocycles. The first kappa shape index (κ1) is 21.2. The number of allylic oxidation sites excluding steroid dienone is 3. The average Bonchev–Trinajstić information content (AvgIpc) is 3.19. The molecule has 0 radical (unpaired) electrons. The number of nitrogens with zero attached hydrogens (tertiary/aromatic N) is 1. The minimum Gasteiger partial charge on any atom is -0.494 e. The van der Waals surface area contributed by atoms with Gasteiger partial charge in [0.1, 0.15) is 5.56 Å². The molecule has 2 heterocycles. The van der Waals surface area contributed by atoms with Crippen molar-refractivity contribution in [2.45, 2.75) is 6.92 Å². The molecule has 1 aromatic heterocycles. The topological polar surface area (TPSA) is 98.3 Å². The fourth-order valence-electron chi connectivity index (χ4n) is 4.09. The van der Waals surface area contributed by atoms with E-state index < -0.39 is 17.1 Å². The Morgan fingerprint density at radius 3 is 2.32 bits per heavy atom. The first-order valence-corrected chi connectivity index (χ1v) is 10.8. The summed E-state index contributed by atoms with van der Waals surface area (Å²) in [6, 6.07) is 25.2. The summed E-state index contributed by atoms with van der Waals surface area (Å²) in [6.45, 7) is 2.03. The molecule has 0 saturated heterocycles. The SMILES string of the molecule is Cc1ccc2c(c1)/C(=C/C=C(/c1ccccc1)c1c(O)[nH]c(=O)[nH]c1=O)C(c1ccccc1)=N2. The van der Waals surface area contributed by atoms with Gasteiger partial charge in [-0.2, -0.15) is 0 Å². The monoisotopic (exact) mass is 447 g/mol. The molecule has 6 heteroatoms. The van der Waals surface area contributed by atoms with Crippen LogP contribution in [0.2, 0.25) is 0 Å². The number of hydrogen-bond acceptors (Lipinski definition) is 4. The Balaban J connectivity index is 1.75. The van der Waals surface area contributed by atoms with E-state index in [-0.39, 0.29) is 5.56 Å². The highest BCUT2D eigenvalue weighted by Crippen LogP contribution is 2.38. The summed E-state index contributed by atoms with van der Waals surface area (Å²) >= 11 is 0. The Kier molecular flexibility index (Phi) is 5.40. The Morgan fingerprint density at radius 2 is 1.62 bits per heavy atom. The maximum atomic E-state index is 12.7. The number of aliphatic imine (C=N–C) groups is 1. The maximum Gasteiger partial charge on any atom is 0.328 e. The molecule has 0 unspecified atom stereocenters. The van der Waals surface area contributed by atoms with Crippen LogP contribution in [0, 0.1) is 6.92 Å². The molecule has 1 aliphatic rings. The van der Waals surface area contributed by atoms with Crippen molar-refractivity contribution in [3.63, 3.8) is 0 Å². The minimum atomic E-state index is -0.768. The van der Waals surface area contributed by atoms with Gasteiger partial charge in [-0.15, -0.1) is 0 Å². The summed E-state index contributed by atoms with van der Waals surface area (Å²) in [5.74, 6) is -0.484. The van der Waals surface area contributed by atoms with Gasteiger partial charge in [-0.3, -0.25) is 14.8 Å². The van der Waals surface area contributed by atoms with Crippen LogP contribution in [0.4, 0.5) is 5.69 Å². The zero-order valence-electron chi connectivity index (χ0n) is 18.4. The number of H-pyrrole nitrogens is 2. The second-order valence-electron chi connectivity index (χ2n) is 8.01. The molecule has 3 N–H and O–H groups in total. The van der Waals surface area contributed by atoms with Gasteiger partial charge in [0.15, 0.2) is 0 Å². The molecular weight excluding hydrogens is 426 g/mol. The fraction of sp³-hybridized carbons (Fsp3) is 0.0357. The van der Waals surface area contributed by atoms with E-state index in [1.54, 1.807) is 6.08 Å². The Bertz CT molecular complexity index is 1590. The number of fused-ring (bicyclic) bond motifs is 1. The standard InChI is InChI=1S/C28H21N3O3/c1-17-12-15-23-22(16-17)21(25(29-23)19-10-6-3-7-11-19)14-13-20(18-8-4-2-5-9-18)24-26(32)30-28(34)31-27(24)33/h2-16H,1H3,(H3,30,31,32,33,34)/b20-13-,21-14-. The van der Waals surface area contributed by atoms with Crippen molar-refractivity contribution in [3.05, 3.63) is 140 Å². The van der Waals surface area contributed by atoms with E-state index in [1.807, 2.05) is 85.8 Å². The molecular formula is C28H21N3O3. The molecule has 34 heavy (non-hydrogen) atoms. The highest BCUT2D eigenvalue weighted by atomic mass is 16.3. The summed E-state index contributed by atoms with van der Waals surface area (Å²) < 4.78 is 0. The Hall–Kier alpha value is -4.71. The molecule has 6 nitrogen and oxygen atoms in total. The molecule has 0 aliphatic carbocycles. The molecule has 0 saturated carbocycles. The normalized spacial score (nSPS) is 14.2. The van der Waals surface area contributed by atoms with Crippen molar-refractivity contribution >= 4 is 22.5 Å². The van der Waals surface area contributed by atoms with Crippen LogP contribution in [-0.2, 0) is 0 Å². The number of nitrogens with one attached hydrogen (secondary N) is 2. The van der Waals surface area contributed by atoms with E-state index in [0.29, 0.717) is 11.1 Å². The first-order valence-electron chi connectivity index (χ1n) is 10.8. The lowest BCUT2D eigenvalue weighted by molar-refractivity contribution is 0.446. The van der Waals surface area contributed by atoms with Crippen LogP contribution in [0.25, 0.3) is 11.1 Å². The van der Waals surface area contributed by atoms with Crippen molar-refractivity contribution in [2.75, 3.05) is 0 Å². The van der Waals surface area contributed by atoms with Crippen LogP contribution in [0.5, 0.6) is 5.88 Å². The van der Waals surface area contributed by atoms with Crippen LogP contribution < -0.4 is 11.2 Å². The highest BCUT2D eigenvalue weighted by Gasteiger charge is 2.22. The van der Waals surface area contributed by atoms with Crippen molar-refractivity contribution in [1.29, 1.82) is 0 Å². The summed E-state index contributed by atoms with van der Waals surface area (Å²) in [6.07, 6.45) is 3.69. The van der Waals surface area contributed by atoms with Crippen LogP contribution in [0.15, 0.2) is 106 Å². The van der Waals surface area contributed by atoms with Gasteiger partial charge in [0, 0.05) is 16.7 Å². The summed E-state index contributed by atoms with van der Waals surface area (Å²) in [5, 5.41) is 10.5. The number of benzene rings is 3. The molecule has 3 aromatic carbocycles. The van der Waals surface area contributed by atoms with Crippen molar-refractivity contribution < 1.29 is 5.11 Å². The zero-order valence-corrected chi connectivity index (χ0v) is 18.4. The van der Waals surface area contributed by atoms with Crippen molar-refractivity contribution in [3.8, 4) is 5.88 Å². The van der Waals surface area contributed by atoms with Gasteiger partial charge >= 0.3 is 5.69 Å². The molecule has 0 amide bonds. The van der Waals surface area contributed by atoms with Gasteiger partial charge in [0.2, 0.25) is 5.88 Å². The zero-order chi connectivity index (χ0) is 23.7. The minimum absolute atomic E-state index is 0.0108. The van der Waals surface area contributed by atoms with E-state index >= 15 is 0 Å². The fourth-order valence-corrected chi connectivity index (χ4v) is 4.09. The molecule has 5 rings (SSSR count). The third-order valence-electron chi connectivity index (χ3n) is 5.67. The molecule has 0 fully saturated rings. The largest absolute Gasteiger partial charge is 0.494 e. The number of aromatic amines is 2. The van der Waals surface area contributed by atoms with Gasteiger partial charge in [-0.05, 0) is 30.2 Å². The molecule has 0 atom stereocenters. The van der Waals surface area contributed by atoms with E-state index in [2.05, 4.69) is 16.0 Å². The predicted octanol–water partition coefficient (Wildman–Crippen LogP) is 4.73. The third kappa shape index (κ3) is 3.93. The van der Waals surface area contributed by atoms with Crippen LogP contribution in [-0.4, -0.2) is 20.8 Å². The second kappa shape index (κ2) is 8.67. The first-order chi connectivity index (χ1) is 16.5. The van der Waals surface area contributed by atoms with Crippen LogP contribution >= 0.6 is 0 Å². The number of aryl methyl sites for hydroxylation is 1. The van der Waals surface area contributed by atoms with E-state index in [1.165, 1.54) is 0 Å². The number of aromatic nitrogens is 2. The summed E-state index contributed by atoms with van der Waals surface area (Å²) in [5.41, 5.74) is 5.40. The van der Waals surface area contributed by atoms with E-state index in [0.717, 1.165) is 33.7 Å². The maximum absolute atomic E-state index is 12.7. The summed E-state index contributed by atoms with van der Waals surface area (Å²) in [7, 11) is 0. The number of rotatable bonds is 4. The lowest BCUT2D eigenvalue weighted by Gasteiger charge is -2.10. The predicted molar refractivity (Wildman–Crippen MR) is 135 cm³/mol. The molecule has 4 aromatic rings. The molecule has 0 spiro atoms. The highest BCUT2D eigenvalue weighted by molar-refractivity contribution is 6.36. The number of hydrogen-bond donors (Lipinski definition) is 3. The number of aromatic hydroxyl groups is 1. The summed E-state index contributed by atoms with van der Waals surface area (Å²) in [4.78, 5) is 33.7. The van der Waals surface area contributed by atoms with Crippen LogP contribution in [0.3, 0.4) is 0 Å². The van der Waals surface area contributed by atoms with E-state index in [4.69, 9.17) is 4.99 Å². The van der Waals surface area contributed by atoms with Gasteiger partial charge in [-0.1, -0.05) is 84.4 Å². The Morgan fingerprint density at radius 1 is 0.912 bits per heavy atom. The van der Waals surface area contributed by atoms with Crippen molar-refractivity contribution in [1.82, 2.24) is 9.97 Å². The third-order valence-corrected chi connectivity index (χ3v) is 5.67. The van der Waals surface area contributed by atoms with Crippen molar-refractivity contribution in [2.24, 2.45) is 4.99 Å². The van der Waals surface area contributed by atoms with Crippen LogP contribution in [0.1, 0.15) is 27.8 Å². The van der Waals surface area contributed by atoms with Gasteiger partial charge in [0.25, 0.3) is 5.56 Å². The second-order valence-corrected chi connectivity index (χ2v) is 8.01. The lowest BCUT2D eigenvalue weighted by Crippen LogP contribution is -2.24. The van der Waals surface area contributed by atoms with Gasteiger partial charge < -0.3 is 5.11 Å². The Labute approximate surface area is 195 Å².